The highest BCUT2D eigenvalue weighted by atomic mass is 19.1. The zero-order valence-corrected chi connectivity index (χ0v) is 14.7. The van der Waals surface area contributed by atoms with Gasteiger partial charge in [0, 0.05) is 39.0 Å². The van der Waals surface area contributed by atoms with E-state index in [1.807, 2.05) is 24.0 Å². The van der Waals surface area contributed by atoms with Crippen LogP contribution in [0.4, 0.5) is 4.39 Å². The fraction of sp³-hybridized carbons (Fsp3) is 0.474. The van der Waals surface area contributed by atoms with Crippen molar-refractivity contribution in [3.63, 3.8) is 0 Å². The second kappa shape index (κ2) is 7.78. The van der Waals surface area contributed by atoms with Crippen molar-refractivity contribution in [2.75, 3.05) is 13.1 Å². The molecule has 1 amide bonds. The second-order valence-corrected chi connectivity index (χ2v) is 6.52. The smallest absolute Gasteiger partial charge is 0.220 e. The lowest BCUT2D eigenvalue weighted by molar-refractivity contribution is -0.132. The molecule has 0 unspecified atom stereocenters. The summed E-state index contributed by atoms with van der Waals surface area (Å²) in [6.07, 6.45) is 3.44. The lowest BCUT2D eigenvalue weighted by Gasteiger charge is -2.27. The van der Waals surface area contributed by atoms with E-state index >= 15 is 0 Å². The summed E-state index contributed by atoms with van der Waals surface area (Å²) in [7, 11) is 0. The molecule has 2 heterocycles. The lowest BCUT2D eigenvalue weighted by Crippen LogP contribution is -2.40. The van der Waals surface area contributed by atoms with E-state index in [0.29, 0.717) is 12.4 Å². The number of aromatic nitrogens is 1. The molecule has 1 saturated heterocycles. The number of rotatable bonds is 6. The van der Waals surface area contributed by atoms with Crippen molar-refractivity contribution in [1.82, 2.24) is 14.8 Å². The molecule has 134 valence electrons. The van der Waals surface area contributed by atoms with Crippen molar-refractivity contribution in [2.24, 2.45) is 0 Å². The molecule has 0 aliphatic carbocycles. The number of amides is 1. The normalized spacial score (nSPS) is 17.8. The summed E-state index contributed by atoms with van der Waals surface area (Å²) < 4.78 is 18.7. The lowest BCUT2D eigenvalue weighted by atomic mass is 10.2. The maximum absolute atomic E-state index is 13.0. The summed E-state index contributed by atoms with van der Waals surface area (Å²) in [4.78, 5) is 20.5. The minimum Gasteiger partial charge on any atom is -0.444 e. The molecule has 0 spiro atoms. The van der Waals surface area contributed by atoms with Gasteiger partial charge in [-0.1, -0.05) is 19.1 Å². The van der Waals surface area contributed by atoms with Crippen molar-refractivity contribution in [3.05, 3.63) is 53.5 Å². The zero-order valence-electron chi connectivity index (χ0n) is 14.7. The van der Waals surface area contributed by atoms with Gasteiger partial charge >= 0.3 is 0 Å². The molecule has 1 aromatic carbocycles. The van der Waals surface area contributed by atoms with Crippen LogP contribution in [-0.4, -0.2) is 39.8 Å². The van der Waals surface area contributed by atoms with Gasteiger partial charge in [-0.2, -0.15) is 0 Å². The van der Waals surface area contributed by atoms with Gasteiger partial charge in [0.05, 0.1) is 12.7 Å². The maximum Gasteiger partial charge on any atom is 0.220 e. The van der Waals surface area contributed by atoms with Gasteiger partial charge in [0.15, 0.2) is 0 Å². The summed E-state index contributed by atoms with van der Waals surface area (Å²) in [6, 6.07) is 6.74. The first-order valence-corrected chi connectivity index (χ1v) is 8.72. The number of benzene rings is 1. The number of nitrogens with zero attached hydrogens (tertiary/aromatic N) is 3. The first kappa shape index (κ1) is 17.6. The van der Waals surface area contributed by atoms with Gasteiger partial charge < -0.3 is 9.32 Å². The molecule has 0 N–H and O–H groups in total. The Bertz CT molecular complexity index is 714. The minimum atomic E-state index is -0.219. The predicted octanol–water partition coefficient (Wildman–Crippen LogP) is 3.00. The van der Waals surface area contributed by atoms with Gasteiger partial charge in [0.1, 0.15) is 11.6 Å². The van der Waals surface area contributed by atoms with Gasteiger partial charge in [-0.3, -0.25) is 9.69 Å². The van der Waals surface area contributed by atoms with E-state index in [2.05, 4.69) is 9.88 Å². The zero-order chi connectivity index (χ0) is 17.8. The Morgan fingerprint density at radius 2 is 2.16 bits per heavy atom. The van der Waals surface area contributed by atoms with Crippen LogP contribution in [0.2, 0.25) is 0 Å². The molecule has 0 saturated carbocycles. The number of hydrogen-bond acceptors (Lipinski definition) is 4. The van der Waals surface area contributed by atoms with Crippen molar-refractivity contribution in [2.45, 2.75) is 45.8 Å². The number of hydrogen-bond donors (Lipinski definition) is 0. The molecule has 0 bridgehead atoms. The number of halogens is 1. The third-order valence-corrected chi connectivity index (χ3v) is 4.67. The van der Waals surface area contributed by atoms with Crippen LogP contribution < -0.4 is 0 Å². The molecular formula is C19H24FN3O2. The quantitative estimate of drug-likeness (QED) is 0.808. The number of oxazole rings is 1. The molecule has 1 atom stereocenters. The summed E-state index contributed by atoms with van der Waals surface area (Å²) in [5.41, 5.74) is 1.08. The Kier molecular flexibility index (Phi) is 5.48. The van der Waals surface area contributed by atoms with E-state index < -0.39 is 0 Å². The van der Waals surface area contributed by atoms with E-state index in [1.54, 1.807) is 13.1 Å². The summed E-state index contributed by atoms with van der Waals surface area (Å²) in [5.74, 6) is 1.24. The standard InChI is InChI=1S/C19H24FN3O2/c1-3-18-10-21-19(25-18)13-23(14(2)24)17-8-9-22(12-17)11-15-4-6-16(20)7-5-15/h4-7,10,17H,3,8-9,11-13H2,1-2H3/t17-/m0/s1. The van der Waals surface area contributed by atoms with Crippen molar-refractivity contribution < 1.29 is 13.6 Å². The first-order chi connectivity index (χ1) is 12.0. The van der Waals surface area contributed by atoms with Crippen LogP contribution in [0.15, 0.2) is 34.9 Å². The highest BCUT2D eigenvalue weighted by Crippen LogP contribution is 2.20. The molecule has 6 heteroatoms. The number of carbonyl (C=O) groups excluding carboxylic acids is 1. The Labute approximate surface area is 147 Å². The van der Waals surface area contributed by atoms with Crippen molar-refractivity contribution in [1.29, 1.82) is 0 Å². The second-order valence-electron chi connectivity index (χ2n) is 6.52. The Hall–Kier alpha value is -2.21. The predicted molar refractivity (Wildman–Crippen MR) is 92.2 cm³/mol. The van der Waals surface area contributed by atoms with E-state index in [1.165, 1.54) is 12.1 Å². The highest BCUT2D eigenvalue weighted by molar-refractivity contribution is 5.73. The van der Waals surface area contributed by atoms with E-state index in [0.717, 1.165) is 43.8 Å². The first-order valence-electron chi connectivity index (χ1n) is 8.72. The van der Waals surface area contributed by atoms with Crippen LogP contribution in [0.5, 0.6) is 0 Å². The third kappa shape index (κ3) is 4.45. The Morgan fingerprint density at radius 1 is 1.40 bits per heavy atom. The van der Waals surface area contributed by atoms with Crippen molar-refractivity contribution >= 4 is 5.91 Å². The third-order valence-electron chi connectivity index (χ3n) is 4.67. The van der Waals surface area contributed by atoms with Gasteiger partial charge in [-0.25, -0.2) is 9.37 Å². The SMILES string of the molecule is CCc1cnc(CN(C(C)=O)[C@H]2CCN(Cc3ccc(F)cc3)C2)o1. The molecule has 1 fully saturated rings. The van der Waals surface area contributed by atoms with Crippen molar-refractivity contribution in [3.8, 4) is 0 Å². The van der Waals surface area contributed by atoms with Crippen LogP contribution in [-0.2, 0) is 24.3 Å². The van der Waals surface area contributed by atoms with Crippen LogP contribution in [0.1, 0.15) is 37.5 Å². The summed E-state index contributed by atoms with van der Waals surface area (Å²) >= 11 is 0. The van der Waals surface area contributed by atoms with Crippen LogP contribution in [0.3, 0.4) is 0 Å². The van der Waals surface area contributed by atoms with Crippen LogP contribution in [0.25, 0.3) is 0 Å². The van der Waals surface area contributed by atoms with Gasteiger partial charge in [0.2, 0.25) is 11.8 Å². The molecule has 1 aliphatic rings. The molecule has 5 nitrogen and oxygen atoms in total. The molecular weight excluding hydrogens is 321 g/mol. The summed E-state index contributed by atoms with van der Waals surface area (Å²) in [6.45, 7) is 6.49. The molecule has 0 radical (unpaired) electrons. The van der Waals surface area contributed by atoms with Crippen LogP contribution in [0, 0.1) is 5.82 Å². The topological polar surface area (TPSA) is 49.6 Å². The van der Waals surface area contributed by atoms with Crippen LogP contribution >= 0.6 is 0 Å². The minimum absolute atomic E-state index is 0.0323. The van der Waals surface area contributed by atoms with E-state index in [-0.39, 0.29) is 17.8 Å². The molecule has 3 rings (SSSR count). The van der Waals surface area contributed by atoms with Gasteiger partial charge in [-0.15, -0.1) is 0 Å². The molecule has 1 aromatic heterocycles. The number of carbonyl (C=O) groups is 1. The molecule has 2 aromatic rings. The fourth-order valence-electron chi connectivity index (χ4n) is 3.29. The van der Waals surface area contributed by atoms with Gasteiger partial charge in [0.25, 0.3) is 0 Å². The number of aryl methyl sites for hydroxylation is 1. The van der Waals surface area contributed by atoms with E-state index in [9.17, 15) is 9.18 Å². The van der Waals surface area contributed by atoms with E-state index in [4.69, 9.17) is 4.42 Å². The highest BCUT2D eigenvalue weighted by Gasteiger charge is 2.30. The van der Waals surface area contributed by atoms with Gasteiger partial charge in [-0.05, 0) is 24.1 Å². The summed E-state index contributed by atoms with van der Waals surface area (Å²) in [5, 5.41) is 0. The number of likely N-dealkylation sites (tertiary alicyclic amines) is 1. The Balaban J connectivity index is 1.61. The fourth-order valence-corrected chi connectivity index (χ4v) is 3.29. The monoisotopic (exact) mass is 345 g/mol. The molecule has 1 aliphatic heterocycles. The maximum atomic E-state index is 13.0. The average Bonchev–Trinajstić information content (AvgIpc) is 3.23. The molecule has 25 heavy (non-hydrogen) atoms. The Morgan fingerprint density at radius 3 is 2.80 bits per heavy atom. The largest absolute Gasteiger partial charge is 0.444 e. The average molecular weight is 345 g/mol.